The molecule has 1 N–H and O–H groups in total. The number of hydrogen-bond donors (Lipinski definition) is 1. The van der Waals surface area contributed by atoms with Gasteiger partial charge in [-0.2, -0.15) is 0 Å². The SMILES string of the molecule is O=C(c1ccc(Br)c(F)c1)c1c[nH]c2ccc(Cl)cc12. The molecule has 20 heavy (non-hydrogen) atoms. The van der Waals surface area contributed by atoms with Crippen molar-refractivity contribution in [2.45, 2.75) is 0 Å². The first-order valence-electron chi connectivity index (χ1n) is 5.82. The zero-order valence-electron chi connectivity index (χ0n) is 10.1. The summed E-state index contributed by atoms with van der Waals surface area (Å²) in [6.45, 7) is 0. The second-order valence-corrected chi connectivity index (χ2v) is 5.64. The van der Waals surface area contributed by atoms with Crippen LogP contribution < -0.4 is 0 Å². The van der Waals surface area contributed by atoms with Gasteiger partial charge in [0.25, 0.3) is 0 Å². The van der Waals surface area contributed by atoms with Crippen LogP contribution in [0.25, 0.3) is 10.9 Å². The van der Waals surface area contributed by atoms with E-state index in [1.54, 1.807) is 30.5 Å². The van der Waals surface area contributed by atoms with E-state index in [0.717, 1.165) is 10.9 Å². The predicted octanol–water partition coefficient (Wildman–Crippen LogP) is 4.95. The Labute approximate surface area is 127 Å². The Kier molecular flexibility index (Phi) is 3.36. The Bertz CT molecular complexity index is 828. The van der Waals surface area contributed by atoms with Gasteiger partial charge in [-0.15, -0.1) is 0 Å². The number of benzene rings is 2. The van der Waals surface area contributed by atoms with Crippen LogP contribution in [0.4, 0.5) is 4.39 Å². The highest BCUT2D eigenvalue weighted by atomic mass is 79.9. The monoisotopic (exact) mass is 351 g/mol. The molecule has 1 heterocycles. The van der Waals surface area contributed by atoms with Crippen molar-refractivity contribution >= 4 is 44.2 Å². The molecule has 0 aliphatic heterocycles. The molecule has 3 rings (SSSR count). The Morgan fingerprint density at radius 3 is 2.75 bits per heavy atom. The fourth-order valence-corrected chi connectivity index (χ4v) is 2.49. The van der Waals surface area contributed by atoms with E-state index in [1.165, 1.54) is 12.1 Å². The van der Waals surface area contributed by atoms with Crippen molar-refractivity contribution in [3.05, 3.63) is 69.0 Å². The van der Waals surface area contributed by atoms with E-state index in [2.05, 4.69) is 20.9 Å². The normalized spacial score (nSPS) is 10.9. The van der Waals surface area contributed by atoms with E-state index < -0.39 is 5.82 Å². The summed E-state index contributed by atoms with van der Waals surface area (Å²) in [6.07, 6.45) is 1.61. The third-order valence-corrected chi connectivity index (χ3v) is 3.95. The molecule has 2 aromatic carbocycles. The van der Waals surface area contributed by atoms with Crippen LogP contribution in [0.15, 0.2) is 47.1 Å². The van der Waals surface area contributed by atoms with Gasteiger partial charge in [0.15, 0.2) is 5.78 Å². The molecule has 0 fully saturated rings. The van der Waals surface area contributed by atoms with Crippen LogP contribution in [0.2, 0.25) is 5.02 Å². The van der Waals surface area contributed by atoms with Crippen molar-refractivity contribution in [3.8, 4) is 0 Å². The first-order chi connectivity index (χ1) is 9.56. The molecule has 0 atom stereocenters. The number of rotatable bonds is 2. The summed E-state index contributed by atoms with van der Waals surface area (Å²) in [5, 5.41) is 1.28. The average Bonchev–Trinajstić information content (AvgIpc) is 2.84. The number of aromatic nitrogens is 1. The number of ketones is 1. The van der Waals surface area contributed by atoms with E-state index in [1.807, 2.05) is 0 Å². The highest BCUT2D eigenvalue weighted by Crippen LogP contribution is 2.25. The van der Waals surface area contributed by atoms with Crippen LogP contribution in [-0.4, -0.2) is 10.8 Å². The second kappa shape index (κ2) is 5.04. The summed E-state index contributed by atoms with van der Waals surface area (Å²) < 4.78 is 13.9. The first-order valence-corrected chi connectivity index (χ1v) is 7.00. The molecule has 3 aromatic rings. The quantitative estimate of drug-likeness (QED) is 0.650. The van der Waals surface area contributed by atoms with Crippen LogP contribution in [0.5, 0.6) is 0 Å². The van der Waals surface area contributed by atoms with Crippen molar-refractivity contribution in [2.24, 2.45) is 0 Å². The van der Waals surface area contributed by atoms with Gasteiger partial charge in [0.2, 0.25) is 0 Å². The second-order valence-electron chi connectivity index (χ2n) is 4.35. The van der Waals surface area contributed by atoms with Gasteiger partial charge in [0.1, 0.15) is 5.82 Å². The number of carbonyl (C=O) groups excluding carboxylic acids is 1. The van der Waals surface area contributed by atoms with Gasteiger partial charge in [0, 0.05) is 33.2 Å². The highest BCUT2D eigenvalue weighted by Gasteiger charge is 2.15. The molecule has 5 heteroatoms. The maximum absolute atomic E-state index is 13.5. The number of carbonyl (C=O) groups is 1. The number of nitrogens with one attached hydrogen (secondary N) is 1. The van der Waals surface area contributed by atoms with Crippen molar-refractivity contribution in [2.75, 3.05) is 0 Å². The minimum Gasteiger partial charge on any atom is -0.360 e. The van der Waals surface area contributed by atoms with Gasteiger partial charge in [-0.1, -0.05) is 11.6 Å². The van der Waals surface area contributed by atoms with Crippen molar-refractivity contribution in [1.29, 1.82) is 0 Å². The van der Waals surface area contributed by atoms with Gasteiger partial charge >= 0.3 is 0 Å². The summed E-state index contributed by atoms with van der Waals surface area (Å²) >= 11 is 9.02. The third kappa shape index (κ3) is 2.25. The van der Waals surface area contributed by atoms with E-state index in [0.29, 0.717) is 20.6 Å². The lowest BCUT2D eigenvalue weighted by molar-refractivity contribution is 0.104. The highest BCUT2D eigenvalue weighted by molar-refractivity contribution is 9.10. The average molecular weight is 353 g/mol. The molecular weight excluding hydrogens is 345 g/mol. The molecule has 0 radical (unpaired) electrons. The summed E-state index contributed by atoms with van der Waals surface area (Å²) in [5.74, 6) is -0.710. The van der Waals surface area contributed by atoms with E-state index in [-0.39, 0.29) is 5.78 Å². The third-order valence-electron chi connectivity index (χ3n) is 3.07. The molecule has 0 aliphatic carbocycles. The van der Waals surface area contributed by atoms with E-state index >= 15 is 0 Å². The predicted molar refractivity (Wildman–Crippen MR) is 80.8 cm³/mol. The molecule has 0 unspecified atom stereocenters. The molecule has 0 spiro atoms. The zero-order chi connectivity index (χ0) is 14.3. The molecule has 0 saturated heterocycles. The topological polar surface area (TPSA) is 32.9 Å². The van der Waals surface area contributed by atoms with Gasteiger partial charge in [-0.25, -0.2) is 4.39 Å². The van der Waals surface area contributed by atoms with Crippen LogP contribution in [0, 0.1) is 5.82 Å². The van der Waals surface area contributed by atoms with Crippen molar-refractivity contribution in [3.63, 3.8) is 0 Å². The Morgan fingerprint density at radius 2 is 2.00 bits per heavy atom. The number of aromatic amines is 1. The lowest BCUT2D eigenvalue weighted by Crippen LogP contribution is -2.01. The van der Waals surface area contributed by atoms with E-state index in [4.69, 9.17) is 11.6 Å². The van der Waals surface area contributed by atoms with Gasteiger partial charge < -0.3 is 4.98 Å². The minimum atomic E-state index is -0.464. The minimum absolute atomic E-state index is 0.245. The molecule has 0 bridgehead atoms. The largest absolute Gasteiger partial charge is 0.360 e. The standard InChI is InChI=1S/C15H8BrClFNO/c16-12-3-1-8(5-13(12)18)15(20)11-7-19-14-4-2-9(17)6-10(11)14/h1-7,19H. The Hall–Kier alpha value is -1.65. The molecule has 2 nitrogen and oxygen atoms in total. The van der Waals surface area contributed by atoms with Crippen LogP contribution >= 0.6 is 27.5 Å². The summed E-state index contributed by atoms with van der Waals surface area (Å²) in [7, 11) is 0. The van der Waals surface area contributed by atoms with Gasteiger partial charge in [-0.05, 0) is 52.3 Å². The first kappa shape index (κ1) is 13.3. The maximum atomic E-state index is 13.5. The van der Waals surface area contributed by atoms with Crippen LogP contribution in [0.3, 0.4) is 0 Å². The maximum Gasteiger partial charge on any atom is 0.195 e. The molecule has 0 aliphatic rings. The van der Waals surface area contributed by atoms with Crippen molar-refractivity contribution < 1.29 is 9.18 Å². The van der Waals surface area contributed by atoms with Gasteiger partial charge in [-0.3, -0.25) is 4.79 Å². The fourth-order valence-electron chi connectivity index (χ4n) is 2.07. The van der Waals surface area contributed by atoms with Crippen LogP contribution in [-0.2, 0) is 0 Å². The lowest BCUT2D eigenvalue weighted by Gasteiger charge is -2.02. The molecular formula is C15H8BrClFNO. The molecule has 1 aromatic heterocycles. The number of hydrogen-bond acceptors (Lipinski definition) is 1. The smallest absolute Gasteiger partial charge is 0.195 e. The summed E-state index contributed by atoms with van der Waals surface area (Å²) in [6, 6.07) is 9.58. The van der Waals surface area contributed by atoms with E-state index in [9.17, 15) is 9.18 Å². The van der Waals surface area contributed by atoms with Crippen molar-refractivity contribution in [1.82, 2.24) is 4.98 Å². The Morgan fingerprint density at radius 1 is 1.20 bits per heavy atom. The summed E-state index contributed by atoms with van der Waals surface area (Å²) in [4.78, 5) is 15.5. The molecule has 100 valence electrons. The Balaban J connectivity index is 2.12. The lowest BCUT2D eigenvalue weighted by atomic mass is 10.0. The summed E-state index contributed by atoms with van der Waals surface area (Å²) in [5.41, 5.74) is 1.59. The number of halogens is 3. The number of H-pyrrole nitrogens is 1. The van der Waals surface area contributed by atoms with Gasteiger partial charge in [0.05, 0.1) is 4.47 Å². The fraction of sp³-hybridized carbons (Fsp3) is 0. The molecule has 0 amide bonds. The molecule has 0 saturated carbocycles. The zero-order valence-corrected chi connectivity index (χ0v) is 12.4. The number of fused-ring (bicyclic) bond motifs is 1. The van der Waals surface area contributed by atoms with Crippen LogP contribution in [0.1, 0.15) is 15.9 Å².